The van der Waals surface area contributed by atoms with Gasteiger partial charge in [0, 0.05) is 41.7 Å². The highest BCUT2D eigenvalue weighted by Gasteiger charge is 2.24. The van der Waals surface area contributed by atoms with Crippen molar-refractivity contribution in [3.63, 3.8) is 0 Å². The van der Waals surface area contributed by atoms with E-state index < -0.39 is 0 Å². The molecule has 0 saturated carbocycles. The third kappa shape index (κ3) is 2.76. The van der Waals surface area contributed by atoms with Gasteiger partial charge in [0.1, 0.15) is 5.69 Å². The first-order valence-corrected chi connectivity index (χ1v) is 8.48. The normalized spacial score (nSPS) is 19.5. The standard InChI is InChI=1S/C19H19N5/c20-12-14-5-3-6-15(11-14)13-24-17-8-2-1-7-16(17)18(23-24)19-21-9-4-10-22-19/h3-6,9-10,15H,1-2,7-8,11,13H2. The molecular weight excluding hydrogens is 298 g/mol. The van der Waals surface area contributed by atoms with Gasteiger partial charge in [-0.3, -0.25) is 4.68 Å². The van der Waals surface area contributed by atoms with Gasteiger partial charge in [0.25, 0.3) is 0 Å². The molecule has 0 fully saturated rings. The molecule has 1 unspecified atom stereocenters. The Bertz CT molecular complexity index is 839. The minimum atomic E-state index is 0.320. The minimum Gasteiger partial charge on any atom is -0.268 e. The van der Waals surface area contributed by atoms with Crippen molar-refractivity contribution in [3.05, 3.63) is 53.5 Å². The topological polar surface area (TPSA) is 67.4 Å². The molecule has 0 spiro atoms. The van der Waals surface area contributed by atoms with E-state index in [0.29, 0.717) is 11.7 Å². The summed E-state index contributed by atoms with van der Waals surface area (Å²) in [6, 6.07) is 4.10. The molecule has 0 bridgehead atoms. The third-order valence-electron chi connectivity index (χ3n) is 4.75. The maximum atomic E-state index is 9.13. The van der Waals surface area contributed by atoms with Crippen LogP contribution in [0.1, 0.15) is 30.5 Å². The molecule has 0 N–H and O–H groups in total. The second kappa shape index (κ2) is 6.40. The fourth-order valence-electron chi connectivity index (χ4n) is 3.60. The SMILES string of the molecule is N#CC1=CC=CC(Cn2nc(-c3ncccn3)c3c2CCCC3)C1. The molecule has 2 heterocycles. The fraction of sp³-hybridized carbons (Fsp3) is 0.368. The first-order chi connectivity index (χ1) is 11.8. The van der Waals surface area contributed by atoms with Crippen LogP contribution in [0.3, 0.4) is 0 Å². The predicted molar refractivity (Wildman–Crippen MR) is 90.8 cm³/mol. The molecule has 120 valence electrons. The Balaban J connectivity index is 1.67. The summed E-state index contributed by atoms with van der Waals surface area (Å²) in [4.78, 5) is 8.78. The summed E-state index contributed by atoms with van der Waals surface area (Å²) >= 11 is 0. The molecule has 2 aliphatic carbocycles. The first-order valence-electron chi connectivity index (χ1n) is 8.48. The number of rotatable bonds is 3. The van der Waals surface area contributed by atoms with Crippen molar-refractivity contribution >= 4 is 0 Å². The molecule has 0 radical (unpaired) electrons. The third-order valence-corrected chi connectivity index (χ3v) is 4.75. The zero-order valence-corrected chi connectivity index (χ0v) is 13.5. The number of hydrogen-bond donors (Lipinski definition) is 0. The van der Waals surface area contributed by atoms with Gasteiger partial charge >= 0.3 is 0 Å². The van der Waals surface area contributed by atoms with Crippen LogP contribution >= 0.6 is 0 Å². The Kier molecular flexibility index (Phi) is 3.96. The summed E-state index contributed by atoms with van der Waals surface area (Å²) < 4.78 is 2.13. The number of allylic oxidation sites excluding steroid dienone is 4. The van der Waals surface area contributed by atoms with Crippen molar-refractivity contribution in [2.75, 3.05) is 0 Å². The smallest absolute Gasteiger partial charge is 0.180 e. The molecule has 2 aromatic rings. The zero-order chi connectivity index (χ0) is 16.4. The maximum absolute atomic E-state index is 9.13. The van der Waals surface area contributed by atoms with E-state index in [1.807, 2.05) is 18.2 Å². The molecule has 1 atom stereocenters. The number of fused-ring (bicyclic) bond motifs is 1. The Hall–Kier alpha value is -2.74. The maximum Gasteiger partial charge on any atom is 0.180 e. The van der Waals surface area contributed by atoms with E-state index in [4.69, 9.17) is 10.4 Å². The second-order valence-corrected chi connectivity index (χ2v) is 6.39. The van der Waals surface area contributed by atoms with Crippen molar-refractivity contribution in [3.8, 4) is 17.6 Å². The van der Waals surface area contributed by atoms with Gasteiger partial charge < -0.3 is 0 Å². The van der Waals surface area contributed by atoms with Crippen molar-refractivity contribution < 1.29 is 0 Å². The van der Waals surface area contributed by atoms with Gasteiger partial charge in [-0.25, -0.2) is 9.97 Å². The molecule has 4 rings (SSSR count). The van der Waals surface area contributed by atoms with E-state index in [9.17, 15) is 0 Å². The minimum absolute atomic E-state index is 0.320. The van der Waals surface area contributed by atoms with E-state index in [-0.39, 0.29) is 0 Å². The molecule has 5 heteroatoms. The summed E-state index contributed by atoms with van der Waals surface area (Å²) in [6.45, 7) is 0.810. The summed E-state index contributed by atoms with van der Waals surface area (Å²) in [6.07, 6.45) is 14.9. The molecule has 2 aromatic heterocycles. The van der Waals surface area contributed by atoms with Gasteiger partial charge in [-0.1, -0.05) is 12.2 Å². The van der Waals surface area contributed by atoms with Crippen molar-refractivity contribution in [2.45, 2.75) is 38.6 Å². The highest BCUT2D eigenvalue weighted by Crippen LogP contribution is 2.31. The lowest BCUT2D eigenvalue weighted by Crippen LogP contribution is -2.16. The fourth-order valence-corrected chi connectivity index (χ4v) is 3.60. The van der Waals surface area contributed by atoms with Crippen LogP contribution in [0, 0.1) is 17.2 Å². The van der Waals surface area contributed by atoms with Gasteiger partial charge in [-0.05, 0) is 44.2 Å². The lowest BCUT2D eigenvalue weighted by Gasteiger charge is -2.18. The monoisotopic (exact) mass is 317 g/mol. The van der Waals surface area contributed by atoms with E-state index in [1.165, 1.54) is 24.1 Å². The molecule has 0 aliphatic heterocycles. The van der Waals surface area contributed by atoms with Gasteiger partial charge in [0.05, 0.1) is 6.07 Å². The Labute approximate surface area is 141 Å². The van der Waals surface area contributed by atoms with Crippen LogP contribution < -0.4 is 0 Å². The summed E-state index contributed by atoms with van der Waals surface area (Å²) in [5.41, 5.74) is 4.41. The summed E-state index contributed by atoms with van der Waals surface area (Å²) in [5.74, 6) is 1.03. The van der Waals surface area contributed by atoms with Gasteiger partial charge in [0.15, 0.2) is 5.82 Å². The highest BCUT2D eigenvalue weighted by atomic mass is 15.3. The van der Waals surface area contributed by atoms with Crippen LogP contribution in [0.5, 0.6) is 0 Å². The Morgan fingerprint density at radius 3 is 2.88 bits per heavy atom. The van der Waals surface area contributed by atoms with Crippen molar-refractivity contribution in [1.82, 2.24) is 19.7 Å². The van der Waals surface area contributed by atoms with Crippen LogP contribution in [0.4, 0.5) is 0 Å². The average Bonchev–Trinajstić information content (AvgIpc) is 3.01. The molecule has 5 nitrogen and oxygen atoms in total. The first kappa shape index (κ1) is 14.8. The van der Waals surface area contributed by atoms with E-state index >= 15 is 0 Å². The summed E-state index contributed by atoms with van der Waals surface area (Å²) in [7, 11) is 0. The molecule has 2 aliphatic rings. The van der Waals surface area contributed by atoms with Crippen LogP contribution in [0.15, 0.2) is 42.3 Å². The molecule has 0 amide bonds. The molecule has 24 heavy (non-hydrogen) atoms. The number of aromatic nitrogens is 4. The summed E-state index contributed by atoms with van der Waals surface area (Å²) in [5, 5.41) is 14.0. The largest absolute Gasteiger partial charge is 0.268 e. The van der Waals surface area contributed by atoms with Crippen molar-refractivity contribution in [1.29, 1.82) is 5.26 Å². The molecule has 0 aromatic carbocycles. The van der Waals surface area contributed by atoms with Gasteiger partial charge in [-0.15, -0.1) is 0 Å². The molecule has 0 saturated heterocycles. The van der Waals surface area contributed by atoms with Crippen LogP contribution in [-0.4, -0.2) is 19.7 Å². The van der Waals surface area contributed by atoms with E-state index in [0.717, 1.165) is 37.1 Å². The quantitative estimate of drug-likeness (QED) is 0.871. The Morgan fingerprint density at radius 1 is 1.21 bits per heavy atom. The number of nitriles is 1. The lowest BCUT2D eigenvalue weighted by atomic mass is 9.93. The number of nitrogens with zero attached hydrogens (tertiary/aromatic N) is 5. The van der Waals surface area contributed by atoms with Crippen LogP contribution in [0.25, 0.3) is 11.5 Å². The van der Waals surface area contributed by atoms with Crippen molar-refractivity contribution in [2.24, 2.45) is 5.92 Å². The van der Waals surface area contributed by atoms with Crippen LogP contribution in [-0.2, 0) is 19.4 Å². The van der Waals surface area contributed by atoms with Crippen LogP contribution in [0.2, 0.25) is 0 Å². The van der Waals surface area contributed by atoms with Gasteiger partial charge in [0.2, 0.25) is 0 Å². The molecular formula is C19H19N5. The second-order valence-electron chi connectivity index (χ2n) is 6.39. The lowest BCUT2D eigenvalue weighted by molar-refractivity contribution is 0.464. The Morgan fingerprint density at radius 2 is 2.04 bits per heavy atom. The average molecular weight is 317 g/mol. The highest BCUT2D eigenvalue weighted by molar-refractivity contribution is 5.56. The van der Waals surface area contributed by atoms with E-state index in [1.54, 1.807) is 12.4 Å². The van der Waals surface area contributed by atoms with Gasteiger partial charge in [-0.2, -0.15) is 10.4 Å². The number of hydrogen-bond acceptors (Lipinski definition) is 4. The predicted octanol–water partition coefficient (Wildman–Crippen LogP) is 3.24. The zero-order valence-electron chi connectivity index (χ0n) is 13.5. The van der Waals surface area contributed by atoms with E-state index in [2.05, 4.69) is 26.8 Å².